The minimum Gasteiger partial charge on any atom is -0.497 e. The zero-order valence-electron chi connectivity index (χ0n) is 12.0. The molecule has 2 aromatic carbocycles. The van der Waals surface area contributed by atoms with Crippen LogP contribution < -0.4 is 14.8 Å². The van der Waals surface area contributed by atoms with E-state index in [0.717, 1.165) is 16.9 Å². The summed E-state index contributed by atoms with van der Waals surface area (Å²) in [5.74, 6) is 0.579. The number of rotatable bonds is 6. The minimum absolute atomic E-state index is 0.216. The molecule has 0 aromatic heterocycles. The van der Waals surface area contributed by atoms with Crippen LogP contribution in [0.5, 0.6) is 11.5 Å². The van der Waals surface area contributed by atoms with Gasteiger partial charge >= 0.3 is 6.36 Å². The molecule has 2 aromatic rings. The molecule has 6 heteroatoms. The molecule has 0 atom stereocenters. The molecule has 3 nitrogen and oxygen atoms in total. The lowest BCUT2D eigenvalue weighted by atomic mass is 10.2. The van der Waals surface area contributed by atoms with Crippen molar-refractivity contribution in [3.05, 3.63) is 59.7 Å². The molecule has 0 radical (unpaired) electrons. The van der Waals surface area contributed by atoms with Gasteiger partial charge < -0.3 is 14.8 Å². The number of benzene rings is 2. The van der Waals surface area contributed by atoms with Crippen molar-refractivity contribution in [2.75, 3.05) is 7.11 Å². The summed E-state index contributed by atoms with van der Waals surface area (Å²) in [5.41, 5.74) is 1.97. The topological polar surface area (TPSA) is 30.5 Å². The molecular formula is C16H16F3NO2. The molecule has 0 saturated carbocycles. The third kappa shape index (κ3) is 5.29. The Kier molecular flexibility index (Phi) is 5.27. The normalized spacial score (nSPS) is 11.3. The predicted molar refractivity (Wildman–Crippen MR) is 76.7 cm³/mol. The summed E-state index contributed by atoms with van der Waals surface area (Å²) >= 11 is 0. The minimum atomic E-state index is -4.66. The highest BCUT2D eigenvalue weighted by Gasteiger charge is 2.30. The van der Waals surface area contributed by atoms with Crippen LogP contribution >= 0.6 is 0 Å². The van der Waals surface area contributed by atoms with Crippen LogP contribution in [0.4, 0.5) is 13.2 Å². The SMILES string of the molecule is COc1ccc(CNCc2ccc(OC(F)(F)F)cc2)cc1. The zero-order chi connectivity index (χ0) is 16.0. The molecule has 22 heavy (non-hydrogen) atoms. The van der Waals surface area contributed by atoms with E-state index in [1.807, 2.05) is 24.3 Å². The van der Waals surface area contributed by atoms with Gasteiger partial charge in [0.25, 0.3) is 0 Å². The van der Waals surface area contributed by atoms with Crippen molar-refractivity contribution in [1.29, 1.82) is 0 Å². The third-order valence-corrected chi connectivity index (χ3v) is 2.97. The number of nitrogens with one attached hydrogen (secondary N) is 1. The molecule has 0 bridgehead atoms. The number of hydrogen-bond acceptors (Lipinski definition) is 3. The van der Waals surface area contributed by atoms with Gasteiger partial charge in [-0.25, -0.2) is 0 Å². The van der Waals surface area contributed by atoms with Crippen LogP contribution in [0.25, 0.3) is 0 Å². The average Bonchev–Trinajstić information content (AvgIpc) is 2.48. The van der Waals surface area contributed by atoms with Gasteiger partial charge in [-0.05, 0) is 35.4 Å². The molecule has 2 rings (SSSR count). The second-order valence-electron chi connectivity index (χ2n) is 4.64. The molecule has 0 spiro atoms. The first-order valence-corrected chi connectivity index (χ1v) is 6.64. The van der Waals surface area contributed by atoms with Gasteiger partial charge in [-0.3, -0.25) is 0 Å². The smallest absolute Gasteiger partial charge is 0.497 e. The number of ether oxygens (including phenoxy) is 2. The van der Waals surface area contributed by atoms with Crippen LogP contribution in [-0.2, 0) is 13.1 Å². The maximum Gasteiger partial charge on any atom is 0.573 e. The summed E-state index contributed by atoms with van der Waals surface area (Å²) in [6.07, 6.45) is -4.66. The van der Waals surface area contributed by atoms with E-state index in [2.05, 4.69) is 10.1 Å². The molecule has 0 saturated heterocycles. The Bertz CT molecular complexity index is 580. The van der Waals surface area contributed by atoms with Crippen molar-refractivity contribution in [3.63, 3.8) is 0 Å². The van der Waals surface area contributed by atoms with Crippen LogP contribution in [0.1, 0.15) is 11.1 Å². The summed E-state index contributed by atoms with van der Waals surface area (Å²) in [7, 11) is 1.61. The average molecular weight is 311 g/mol. The Morgan fingerprint density at radius 3 is 1.68 bits per heavy atom. The standard InChI is InChI=1S/C16H16F3NO2/c1-21-14-6-2-12(3-7-14)10-20-11-13-4-8-15(9-5-13)22-16(17,18)19/h2-9,20H,10-11H2,1H3. The van der Waals surface area contributed by atoms with E-state index in [9.17, 15) is 13.2 Å². The van der Waals surface area contributed by atoms with Gasteiger partial charge in [0.2, 0.25) is 0 Å². The van der Waals surface area contributed by atoms with E-state index in [0.29, 0.717) is 13.1 Å². The maximum atomic E-state index is 12.0. The summed E-state index contributed by atoms with van der Waals surface area (Å²) in [6.45, 7) is 1.21. The largest absolute Gasteiger partial charge is 0.573 e. The van der Waals surface area contributed by atoms with Crippen molar-refractivity contribution >= 4 is 0 Å². The van der Waals surface area contributed by atoms with Crippen LogP contribution in [0.2, 0.25) is 0 Å². The summed E-state index contributed by atoms with van der Waals surface area (Å²) < 4.78 is 45.0. The molecule has 0 unspecified atom stereocenters. The molecule has 0 amide bonds. The van der Waals surface area contributed by atoms with Crippen molar-refractivity contribution in [1.82, 2.24) is 5.32 Å². The highest BCUT2D eigenvalue weighted by Crippen LogP contribution is 2.22. The summed E-state index contributed by atoms with van der Waals surface area (Å²) in [6, 6.07) is 13.5. The fourth-order valence-corrected chi connectivity index (χ4v) is 1.90. The van der Waals surface area contributed by atoms with Crippen molar-refractivity contribution < 1.29 is 22.6 Å². The van der Waals surface area contributed by atoms with Gasteiger partial charge in [-0.2, -0.15) is 0 Å². The quantitative estimate of drug-likeness (QED) is 0.878. The highest BCUT2D eigenvalue weighted by molar-refractivity contribution is 5.28. The number of hydrogen-bond donors (Lipinski definition) is 1. The monoisotopic (exact) mass is 311 g/mol. The van der Waals surface area contributed by atoms with Gasteiger partial charge in [0, 0.05) is 13.1 Å². The van der Waals surface area contributed by atoms with Crippen LogP contribution in [0, 0.1) is 0 Å². The highest BCUT2D eigenvalue weighted by atomic mass is 19.4. The van der Waals surface area contributed by atoms with E-state index in [4.69, 9.17) is 4.74 Å². The van der Waals surface area contributed by atoms with E-state index >= 15 is 0 Å². The van der Waals surface area contributed by atoms with Crippen LogP contribution in [0.3, 0.4) is 0 Å². The zero-order valence-corrected chi connectivity index (χ0v) is 12.0. The molecular weight excluding hydrogens is 295 g/mol. The van der Waals surface area contributed by atoms with Gasteiger partial charge in [-0.15, -0.1) is 13.2 Å². The number of methoxy groups -OCH3 is 1. The van der Waals surface area contributed by atoms with Crippen molar-refractivity contribution in [3.8, 4) is 11.5 Å². The fraction of sp³-hybridized carbons (Fsp3) is 0.250. The Hall–Kier alpha value is -2.21. The Balaban J connectivity index is 1.81. The molecule has 0 aliphatic heterocycles. The van der Waals surface area contributed by atoms with Crippen molar-refractivity contribution in [2.24, 2.45) is 0 Å². The van der Waals surface area contributed by atoms with E-state index < -0.39 is 6.36 Å². The van der Waals surface area contributed by atoms with Crippen LogP contribution in [-0.4, -0.2) is 13.5 Å². The molecule has 0 heterocycles. The first kappa shape index (κ1) is 16.2. The Labute approximate surface area is 126 Å². The Morgan fingerprint density at radius 2 is 1.27 bits per heavy atom. The van der Waals surface area contributed by atoms with Gasteiger partial charge in [0.05, 0.1) is 7.11 Å². The van der Waals surface area contributed by atoms with E-state index in [1.54, 1.807) is 19.2 Å². The fourth-order valence-electron chi connectivity index (χ4n) is 1.90. The van der Waals surface area contributed by atoms with Crippen molar-refractivity contribution in [2.45, 2.75) is 19.5 Å². The maximum absolute atomic E-state index is 12.0. The van der Waals surface area contributed by atoms with Gasteiger partial charge in [0.15, 0.2) is 0 Å². The molecule has 0 aliphatic carbocycles. The molecule has 1 N–H and O–H groups in total. The number of halogens is 3. The lowest BCUT2D eigenvalue weighted by Gasteiger charge is -2.10. The summed E-state index contributed by atoms with van der Waals surface area (Å²) in [4.78, 5) is 0. The van der Waals surface area contributed by atoms with E-state index in [-0.39, 0.29) is 5.75 Å². The lowest BCUT2D eigenvalue weighted by molar-refractivity contribution is -0.274. The number of alkyl halides is 3. The predicted octanol–water partition coefficient (Wildman–Crippen LogP) is 3.88. The van der Waals surface area contributed by atoms with Gasteiger partial charge in [-0.1, -0.05) is 24.3 Å². The summed E-state index contributed by atoms with van der Waals surface area (Å²) in [5, 5.41) is 3.22. The molecule has 118 valence electrons. The molecule has 0 aliphatic rings. The van der Waals surface area contributed by atoms with Gasteiger partial charge in [0.1, 0.15) is 11.5 Å². The third-order valence-electron chi connectivity index (χ3n) is 2.97. The Morgan fingerprint density at radius 1 is 0.818 bits per heavy atom. The molecule has 0 fully saturated rings. The van der Waals surface area contributed by atoms with Crippen LogP contribution in [0.15, 0.2) is 48.5 Å². The second kappa shape index (κ2) is 7.17. The first-order valence-electron chi connectivity index (χ1n) is 6.64. The first-order chi connectivity index (χ1) is 10.5. The lowest BCUT2D eigenvalue weighted by Crippen LogP contribution is -2.17. The second-order valence-corrected chi connectivity index (χ2v) is 4.64. The van der Waals surface area contributed by atoms with E-state index in [1.165, 1.54) is 12.1 Å².